The number of fused-ring (bicyclic) bond motifs is 10. The highest BCUT2D eigenvalue weighted by molar-refractivity contribution is 7.26. The Kier molecular flexibility index (Phi) is 6.16. The van der Waals surface area contributed by atoms with Gasteiger partial charge >= 0.3 is 0 Å². The first kappa shape index (κ1) is 28.4. The fourth-order valence-corrected chi connectivity index (χ4v) is 9.46. The molecule has 51 heavy (non-hydrogen) atoms. The summed E-state index contributed by atoms with van der Waals surface area (Å²) in [6.45, 7) is 0. The Balaban J connectivity index is 1.14. The van der Waals surface area contributed by atoms with Crippen molar-refractivity contribution in [3.05, 3.63) is 182 Å². The van der Waals surface area contributed by atoms with Crippen LogP contribution in [0.15, 0.2) is 182 Å². The third kappa shape index (κ3) is 4.29. The van der Waals surface area contributed by atoms with Gasteiger partial charge in [-0.3, -0.25) is 0 Å². The third-order valence-corrected chi connectivity index (χ3v) is 11.7. The van der Waals surface area contributed by atoms with Crippen molar-refractivity contribution >= 4 is 75.1 Å². The molecule has 0 unspecified atom stereocenters. The number of hydrogen-bond acceptors (Lipinski definition) is 1. The molecule has 2 nitrogen and oxygen atoms in total. The molecule has 11 aromatic rings. The zero-order valence-corrected chi connectivity index (χ0v) is 28.4. The quantitative estimate of drug-likeness (QED) is 0.177. The zero-order chi connectivity index (χ0) is 33.5. The van der Waals surface area contributed by atoms with Crippen LogP contribution in [0.4, 0.5) is 0 Å². The molecular weight excluding hydrogens is 637 g/mol. The van der Waals surface area contributed by atoms with Gasteiger partial charge in [-0.1, -0.05) is 121 Å². The Morgan fingerprint density at radius 3 is 1.61 bits per heavy atom. The van der Waals surface area contributed by atoms with Crippen LogP contribution in [-0.4, -0.2) is 9.13 Å². The molecule has 0 fully saturated rings. The van der Waals surface area contributed by atoms with Gasteiger partial charge in [0.25, 0.3) is 0 Å². The van der Waals surface area contributed by atoms with Crippen molar-refractivity contribution < 1.29 is 0 Å². The van der Waals surface area contributed by atoms with E-state index < -0.39 is 0 Å². The van der Waals surface area contributed by atoms with E-state index in [2.05, 4.69) is 191 Å². The van der Waals surface area contributed by atoms with Gasteiger partial charge in [-0.25, -0.2) is 0 Å². The van der Waals surface area contributed by atoms with E-state index in [9.17, 15) is 0 Å². The highest BCUT2D eigenvalue weighted by Gasteiger charge is 2.20. The fourth-order valence-electron chi connectivity index (χ4n) is 8.20. The SMILES string of the molecule is c1ccc(-c2cccc(-c3ccc(-n4c5ccc(-n6c7ccccc7c7ccccc76)cc5c5c6sc7ccccc7c6ccc54)cc3)c2)cc1. The molecule has 0 saturated heterocycles. The lowest BCUT2D eigenvalue weighted by Crippen LogP contribution is -1.96. The maximum atomic E-state index is 2.45. The fraction of sp³-hybridized carbons (Fsp3) is 0. The smallest absolute Gasteiger partial charge is 0.0555 e. The summed E-state index contributed by atoms with van der Waals surface area (Å²) >= 11 is 1.90. The van der Waals surface area contributed by atoms with Crippen molar-refractivity contribution in [1.29, 1.82) is 0 Å². The lowest BCUT2D eigenvalue weighted by atomic mass is 9.99. The second-order valence-corrected chi connectivity index (χ2v) is 14.4. The Morgan fingerprint density at radius 1 is 0.314 bits per heavy atom. The van der Waals surface area contributed by atoms with Crippen molar-refractivity contribution in [2.75, 3.05) is 0 Å². The standard InChI is InChI=1S/C48H30N2S/c1-2-11-31(12-3-1)33-13-10-14-34(29-33)32-21-23-35(24-22-32)49-44-27-25-36(50-42-18-7-4-15-37(42)38-16-5-8-19-43(38)50)30-41(44)47-45(49)28-26-40-39-17-6-9-20-46(39)51-48(40)47/h1-30H. The molecular formula is C48H30N2S. The first-order valence-electron chi connectivity index (χ1n) is 17.4. The molecule has 0 saturated carbocycles. The first-order valence-corrected chi connectivity index (χ1v) is 18.3. The van der Waals surface area contributed by atoms with E-state index in [0.29, 0.717) is 0 Å². The second-order valence-electron chi connectivity index (χ2n) is 13.3. The van der Waals surface area contributed by atoms with Gasteiger partial charge in [0.2, 0.25) is 0 Å². The predicted molar refractivity (Wildman–Crippen MR) is 219 cm³/mol. The first-order chi connectivity index (χ1) is 25.3. The number of aromatic nitrogens is 2. The van der Waals surface area contributed by atoms with Gasteiger partial charge in [-0.2, -0.15) is 0 Å². The average Bonchev–Trinajstić information content (AvgIpc) is 3.86. The minimum absolute atomic E-state index is 1.16. The van der Waals surface area contributed by atoms with Gasteiger partial charge in [0.1, 0.15) is 0 Å². The predicted octanol–water partition coefficient (Wildman–Crippen LogP) is 13.6. The summed E-state index contributed by atoms with van der Waals surface area (Å²) < 4.78 is 7.54. The summed E-state index contributed by atoms with van der Waals surface area (Å²) in [5, 5.41) is 7.76. The molecule has 0 amide bonds. The summed E-state index contributed by atoms with van der Waals surface area (Å²) in [6.07, 6.45) is 0. The van der Waals surface area contributed by atoms with E-state index in [0.717, 1.165) is 5.69 Å². The van der Waals surface area contributed by atoms with Gasteiger partial charge in [0.15, 0.2) is 0 Å². The van der Waals surface area contributed by atoms with Crippen LogP contribution in [0.25, 0.3) is 97.4 Å². The molecule has 3 heterocycles. The van der Waals surface area contributed by atoms with Crippen LogP contribution in [0, 0.1) is 0 Å². The molecule has 0 bridgehead atoms. The van der Waals surface area contributed by atoms with Crippen molar-refractivity contribution in [2.24, 2.45) is 0 Å². The molecule has 0 aliphatic heterocycles. The van der Waals surface area contributed by atoms with Gasteiger partial charge in [0.05, 0.1) is 22.1 Å². The number of nitrogens with zero attached hydrogens (tertiary/aromatic N) is 2. The zero-order valence-electron chi connectivity index (χ0n) is 27.6. The van der Waals surface area contributed by atoms with Crippen molar-refractivity contribution in [2.45, 2.75) is 0 Å². The molecule has 0 radical (unpaired) electrons. The number of hydrogen-bond donors (Lipinski definition) is 0. The molecule has 3 heteroatoms. The molecule has 238 valence electrons. The topological polar surface area (TPSA) is 9.86 Å². The monoisotopic (exact) mass is 666 g/mol. The Bertz CT molecular complexity index is 3070. The molecule has 3 aromatic heterocycles. The maximum Gasteiger partial charge on any atom is 0.0555 e. The summed E-state index contributed by atoms with van der Waals surface area (Å²) in [6, 6.07) is 66.5. The Hall–Kier alpha value is -6.42. The van der Waals surface area contributed by atoms with E-state index in [1.807, 2.05) is 11.3 Å². The van der Waals surface area contributed by atoms with Crippen LogP contribution in [0.3, 0.4) is 0 Å². The molecule has 8 aromatic carbocycles. The number of thiophene rings is 1. The Morgan fingerprint density at radius 2 is 0.863 bits per heavy atom. The van der Waals surface area contributed by atoms with Crippen LogP contribution in [0.5, 0.6) is 0 Å². The largest absolute Gasteiger partial charge is 0.309 e. The van der Waals surface area contributed by atoms with Crippen LogP contribution in [0.1, 0.15) is 0 Å². The van der Waals surface area contributed by atoms with Crippen LogP contribution in [-0.2, 0) is 0 Å². The van der Waals surface area contributed by atoms with Gasteiger partial charge in [-0.15, -0.1) is 11.3 Å². The van der Waals surface area contributed by atoms with Gasteiger partial charge < -0.3 is 9.13 Å². The van der Waals surface area contributed by atoms with Crippen LogP contribution in [0.2, 0.25) is 0 Å². The minimum Gasteiger partial charge on any atom is -0.309 e. The average molecular weight is 667 g/mol. The van der Waals surface area contributed by atoms with E-state index in [1.165, 1.54) is 91.7 Å². The Labute approximate surface area is 298 Å². The van der Waals surface area contributed by atoms with Crippen LogP contribution >= 0.6 is 11.3 Å². The van der Waals surface area contributed by atoms with Crippen molar-refractivity contribution in [3.8, 4) is 33.6 Å². The van der Waals surface area contributed by atoms with Crippen LogP contribution < -0.4 is 0 Å². The minimum atomic E-state index is 1.16. The molecule has 0 N–H and O–H groups in total. The summed E-state index contributed by atoms with van der Waals surface area (Å²) in [5.74, 6) is 0. The number of benzene rings is 8. The van der Waals surface area contributed by atoms with Crippen molar-refractivity contribution in [1.82, 2.24) is 9.13 Å². The van der Waals surface area contributed by atoms with E-state index in [1.54, 1.807) is 0 Å². The molecule has 0 aliphatic rings. The van der Waals surface area contributed by atoms with E-state index >= 15 is 0 Å². The second kappa shape index (κ2) is 11.0. The molecule has 0 atom stereocenters. The summed E-state index contributed by atoms with van der Waals surface area (Å²) in [5.41, 5.74) is 12.1. The number of para-hydroxylation sites is 2. The van der Waals surface area contributed by atoms with E-state index in [-0.39, 0.29) is 0 Å². The summed E-state index contributed by atoms with van der Waals surface area (Å²) in [7, 11) is 0. The van der Waals surface area contributed by atoms with Gasteiger partial charge in [-0.05, 0) is 82.9 Å². The third-order valence-electron chi connectivity index (χ3n) is 10.5. The normalized spacial score (nSPS) is 11.9. The van der Waals surface area contributed by atoms with Crippen molar-refractivity contribution in [3.63, 3.8) is 0 Å². The highest BCUT2D eigenvalue weighted by atomic mass is 32.1. The maximum absolute atomic E-state index is 2.45. The van der Waals surface area contributed by atoms with Gasteiger partial charge in [0, 0.05) is 53.1 Å². The summed E-state index contributed by atoms with van der Waals surface area (Å²) in [4.78, 5) is 0. The number of rotatable bonds is 4. The highest BCUT2D eigenvalue weighted by Crippen LogP contribution is 2.44. The lowest BCUT2D eigenvalue weighted by molar-refractivity contribution is 1.17. The molecule has 0 spiro atoms. The van der Waals surface area contributed by atoms with E-state index in [4.69, 9.17) is 0 Å². The molecule has 11 rings (SSSR count). The lowest BCUT2D eigenvalue weighted by Gasteiger charge is -2.11. The molecule has 0 aliphatic carbocycles.